The van der Waals surface area contributed by atoms with Crippen molar-refractivity contribution >= 4 is 11.7 Å². The molecule has 1 amide bonds. The first kappa shape index (κ1) is 16.2. The Morgan fingerprint density at radius 3 is 2.62 bits per heavy atom. The predicted molar refractivity (Wildman–Crippen MR) is 90.1 cm³/mol. The number of nitrogens with one attached hydrogen (secondary N) is 1. The zero-order valence-electron chi connectivity index (χ0n) is 13.6. The van der Waals surface area contributed by atoms with Gasteiger partial charge < -0.3 is 10.1 Å². The fourth-order valence-electron chi connectivity index (χ4n) is 2.55. The van der Waals surface area contributed by atoms with Gasteiger partial charge in [-0.15, -0.1) is 0 Å². The topological polar surface area (TPSA) is 68.3 Å². The lowest BCUT2D eigenvalue weighted by Crippen LogP contribution is -2.26. The van der Waals surface area contributed by atoms with Crippen molar-refractivity contribution in [3.63, 3.8) is 0 Å². The number of carbonyl (C=O) groups excluding carboxylic acids is 2. The first-order valence-corrected chi connectivity index (χ1v) is 8.13. The Bertz CT molecular complexity index is 754. The fourth-order valence-corrected chi connectivity index (χ4v) is 2.55. The highest BCUT2D eigenvalue weighted by Crippen LogP contribution is 2.24. The number of ether oxygens (including phenoxy) is 1. The van der Waals surface area contributed by atoms with Gasteiger partial charge in [-0.25, -0.2) is 4.98 Å². The number of aromatic nitrogens is 1. The van der Waals surface area contributed by atoms with Crippen LogP contribution in [-0.4, -0.2) is 22.8 Å². The first-order chi connectivity index (χ1) is 11.6. The molecule has 124 valence electrons. The van der Waals surface area contributed by atoms with Crippen LogP contribution < -0.4 is 10.1 Å². The smallest absolute Gasteiger partial charge is 0.252 e. The van der Waals surface area contributed by atoms with E-state index >= 15 is 0 Å². The second-order valence-corrected chi connectivity index (χ2v) is 5.96. The monoisotopic (exact) mass is 324 g/mol. The van der Waals surface area contributed by atoms with Gasteiger partial charge in [-0.05, 0) is 43.9 Å². The molecule has 24 heavy (non-hydrogen) atoms. The molecule has 0 bridgehead atoms. The summed E-state index contributed by atoms with van der Waals surface area (Å²) in [5, 5.41) is 2.84. The molecule has 1 fully saturated rings. The Labute approximate surface area is 141 Å². The molecule has 0 spiro atoms. The molecule has 1 aromatic heterocycles. The van der Waals surface area contributed by atoms with Gasteiger partial charge in [-0.3, -0.25) is 9.59 Å². The van der Waals surface area contributed by atoms with Gasteiger partial charge in [-0.2, -0.15) is 0 Å². The summed E-state index contributed by atoms with van der Waals surface area (Å²) in [4.78, 5) is 28.2. The Kier molecular flexibility index (Phi) is 4.89. The van der Waals surface area contributed by atoms with Gasteiger partial charge in [0.2, 0.25) is 5.88 Å². The van der Waals surface area contributed by atoms with E-state index in [9.17, 15) is 9.59 Å². The zero-order valence-corrected chi connectivity index (χ0v) is 13.6. The number of nitrogens with zero attached hydrogens (tertiary/aromatic N) is 1. The number of pyridine rings is 1. The Morgan fingerprint density at radius 1 is 1.21 bits per heavy atom. The van der Waals surface area contributed by atoms with Crippen molar-refractivity contribution in [2.45, 2.75) is 38.8 Å². The van der Waals surface area contributed by atoms with Crippen molar-refractivity contribution in [3.8, 4) is 5.88 Å². The van der Waals surface area contributed by atoms with E-state index in [2.05, 4.69) is 10.3 Å². The molecule has 1 N–H and O–H groups in total. The van der Waals surface area contributed by atoms with Crippen molar-refractivity contribution < 1.29 is 14.3 Å². The van der Waals surface area contributed by atoms with Gasteiger partial charge in [0.25, 0.3) is 5.91 Å². The molecule has 5 nitrogen and oxygen atoms in total. The first-order valence-electron chi connectivity index (χ1n) is 8.13. The molecule has 5 heteroatoms. The van der Waals surface area contributed by atoms with Gasteiger partial charge in [0.05, 0.1) is 5.56 Å². The lowest BCUT2D eigenvalue weighted by atomic mass is 9.96. The standard InChI is InChI=1S/C19H20N2O3/c1-13(22)16-7-2-3-8-17(16)19(23)21-12-14-9-10-20-18(11-14)24-15-5-4-6-15/h2-3,7-11,15H,4-6,12H2,1H3,(H,21,23). The lowest BCUT2D eigenvalue weighted by Gasteiger charge is -2.25. The van der Waals surface area contributed by atoms with E-state index in [-0.39, 0.29) is 17.8 Å². The maximum absolute atomic E-state index is 12.4. The molecular formula is C19H20N2O3. The molecule has 1 aliphatic rings. The highest BCUT2D eigenvalue weighted by molar-refractivity contribution is 6.07. The van der Waals surface area contributed by atoms with E-state index in [4.69, 9.17) is 4.74 Å². The highest BCUT2D eigenvalue weighted by Gasteiger charge is 2.19. The van der Waals surface area contributed by atoms with Crippen LogP contribution in [0, 0.1) is 0 Å². The summed E-state index contributed by atoms with van der Waals surface area (Å²) < 4.78 is 5.76. The normalized spacial score (nSPS) is 13.9. The van der Waals surface area contributed by atoms with Gasteiger partial charge in [0.1, 0.15) is 6.10 Å². The van der Waals surface area contributed by atoms with Crippen LogP contribution in [-0.2, 0) is 6.54 Å². The number of carbonyl (C=O) groups is 2. The number of amides is 1. The summed E-state index contributed by atoms with van der Waals surface area (Å²) in [6, 6.07) is 10.5. The maximum Gasteiger partial charge on any atom is 0.252 e. The van der Waals surface area contributed by atoms with Crippen LogP contribution in [0.15, 0.2) is 42.6 Å². The fraction of sp³-hybridized carbons (Fsp3) is 0.316. The third kappa shape index (κ3) is 3.79. The van der Waals surface area contributed by atoms with E-state index < -0.39 is 0 Å². The van der Waals surface area contributed by atoms with E-state index in [0.717, 1.165) is 18.4 Å². The second-order valence-electron chi connectivity index (χ2n) is 5.96. The van der Waals surface area contributed by atoms with Gasteiger partial charge in [0, 0.05) is 24.4 Å². The van der Waals surface area contributed by atoms with Crippen LogP contribution in [0.5, 0.6) is 5.88 Å². The van der Waals surface area contributed by atoms with Gasteiger partial charge in [-0.1, -0.05) is 18.2 Å². The minimum Gasteiger partial charge on any atom is -0.474 e. The van der Waals surface area contributed by atoms with Crippen LogP contribution in [0.2, 0.25) is 0 Å². The summed E-state index contributed by atoms with van der Waals surface area (Å²) >= 11 is 0. The molecule has 2 aromatic rings. The molecule has 0 atom stereocenters. The molecule has 0 saturated heterocycles. The highest BCUT2D eigenvalue weighted by atomic mass is 16.5. The molecule has 1 heterocycles. The van der Waals surface area contributed by atoms with Gasteiger partial charge >= 0.3 is 0 Å². The third-order valence-electron chi connectivity index (χ3n) is 4.14. The Morgan fingerprint density at radius 2 is 1.96 bits per heavy atom. The molecule has 0 unspecified atom stereocenters. The molecule has 0 radical (unpaired) electrons. The summed E-state index contributed by atoms with van der Waals surface area (Å²) in [5.74, 6) is 0.204. The minimum absolute atomic E-state index is 0.124. The average Bonchev–Trinajstić information content (AvgIpc) is 2.56. The Hall–Kier alpha value is -2.69. The van der Waals surface area contributed by atoms with Crippen molar-refractivity contribution in [3.05, 3.63) is 59.3 Å². The van der Waals surface area contributed by atoms with Crippen LogP contribution in [0.1, 0.15) is 52.5 Å². The van der Waals surface area contributed by atoms with E-state index in [1.165, 1.54) is 13.3 Å². The number of benzene rings is 1. The summed E-state index contributed by atoms with van der Waals surface area (Å²) in [5.41, 5.74) is 1.73. The van der Waals surface area contributed by atoms with Crippen molar-refractivity contribution in [1.82, 2.24) is 10.3 Å². The summed E-state index contributed by atoms with van der Waals surface area (Å²) in [6.45, 7) is 1.81. The molecule has 1 aromatic carbocycles. The maximum atomic E-state index is 12.4. The zero-order chi connectivity index (χ0) is 16.9. The summed E-state index contributed by atoms with van der Waals surface area (Å²) in [7, 11) is 0. The number of hydrogen-bond acceptors (Lipinski definition) is 4. The second kappa shape index (κ2) is 7.25. The lowest BCUT2D eigenvalue weighted by molar-refractivity contribution is 0.0936. The molecule has 1 aliphatic carbocycles. The van der Waals surface area contributed by atoms with Crippen LogP contribution in [0.3, 0.4) is 0 Å². The number of rotatable bonds is 6. The van der Waals surface area contributed by atoms with Gasteiger partial charge in [0.15, 0.2) is 5.78 Å². The van der Waals surface area contributed by atoms with Crippen LogP contribution in [0.4, 0.5) is 0 Å². The number of Topliss-reactive ketones (excluding diaryl/α,β-unsaturated/α-hetero) is 1. The van der Waals surface area contributed by atoms with Crippen LogP contribution in [0.25, 0.3) is 0 Å². The number of hydrogen-bond donors (Lipinski definition) is 1. The number of ketones is 1. The third-order valence-corrected chi connectivity index (χ3v) is 4.14. The predicted octanol–water partition coefficient (Wildman–Crippen LogP) is 3.15. The van der Waals surface area contributed by atoms with Crippen molar-refractivity contribution in [2.75, 3.05) is 0 Å². The molecular weight excluding hydrogens is 304 g/mol. The molecule has 1 saturated carbocycles. The van der Waals surface area contributed by atoms with Crippen molar-refractivity contribution in [2.24, 2.45) is 0 Å². The average molecular weight is 324 g/mol. The van der Waals surface area contributed by atoms with Crippen LogP contribution >= 0.6 is 0 Å². The van der Waals surface area contributed by atoms with Crippen molar-refractivity contribution in [1.29, 1.82) is 0 Å². The van der Waals surface area contributed by atoms with E-state index in [0.29, 0.717) is 23.6 Å². The van der Waals surface area contributed by atoms with E-state index in [1.54, 1.807) is 30.5 Å². The quantitative estimate of drug-likeness (QED) is 0.829. The SMILES string of the molecule is CC(=O)c1ccccc1C(=O)NCc1ccnc(OC2CCC2)c1. The molecule has 3 rings (SSSR count). The minimum atomic E-state index is -0.265. The largest absolute Gasteiger partial charge is 0.474 e. The summed E-state index contributed by atoms with van der Waals surface area (Å²) in [6.07, 6.45) is 5.30. The Balaban J connectivity index is 1.64. The van der Waals surface area contributed by atoms with E-state index in [1.807, 2.05) is 12.1 Å². The molecule has 0 aliphatic heterocycles.